The van der Waals surface area contributed by atoms with E-state index in [9.17, 15) is 19.5 Å². The summed E-state index contributed by atoms with van der Waals surface area (Å²) in [6, 6.07) is 0. The fraction of sp³-hybridized carbons (Fsp3) is 0.942. The number of hydrogen-bond donors (Lipinski definition) is 2. The zero-order chi connectivity index (χ0) is 38.1. The summed E-state index contributed by atoms with van der Waals surface area (Å²) in [6.07, 6.45) is 9.18. The fourth-order valence-corrected chi connectivity index (χ4v) is 17.0. The van der Waals surface area contributed by atoms with Gasteiger partial charge in [-0.15, -0.1) is 0 Å². The van der Waals surface area contributed by atoms with Crippen molar-refractivity contribution in [2.45, 2.75) is 169 Å². The van der Waals surface area contributed by atoms with Crippen molar-refractivity contribution in [3.63, 3.8) is 0 Å². The van der Waals surface area contributed by atoms with Crippen LogP contribution in [0.4, 0.5) is 0 Å². The molecule has 11 rings (SSSR count). The Hall–Kier alpha value is -1.67. The van der Waals surface area contributed by atoms with Crippen molar-refractivity contribution in [2.75, 3.05) is 13.2 Å². The van der Waals surface area contributed by atoms with Crippen LogP contribution in [0.15, 0.2) is 0 Å². The van der Waals surface area contributed by atoms with E-state index in [1.54, 1.807) is 6.92 Å². The summed E-state index contributed by atoms with van der Waals surface area (Å²) < 4.78 is 15.6. The van der Waals surface area contributed by atoms with Gasteiger partial charge in [-0.05, 0) is 177 Å². The molecule has 0 aromatic rings. The molecule has 0 aromatic carbocycles. The Morgan fingerprint density at radius 1 is 0.583 bits per heavy atom. The Balaban J connectivity index is 0.000000235. The Morgan fingerprint density at radius 2 is 1.03 bits per heavy atom. The second-order valence-corrected chi connectivity index (χ2v) is 21.4. The topological polar surface area (TPSA) is 119 Å². The van der Waals surface area contributed by atoms with Crippen LogP contribution >= 0.6 is 0 Å². The number of cyclic esters (lactones) is 1. The molecule has 0 aromatic heterocycles. The van der Waals surface area contributed by atoms with Crippen molar-refractivity contribution < 1.29 is 38.8 Å². The molecule has 11 aliphatic rings. The molecule has 2 N–H and O–H groups in total. The van der Waals surface area contributed by atoms with Crippen molar-refractivity contribution in [3.8, 4) is 0 Å². The minimum atomic E-state index is -0.642. The summed E-state index contributed by atoms with van der Waals surface area (Å²) in [5, 5.41) is 19.1. The third-order valence-electron chi connectivity index (χ3n) is 19.8. The highest BCUT2D eigenvalue weighted by Crippen LogP contribution is 2.72. The second-order valence-electron chi connectivity index (χ2n) is 21.4. The molecule has 60 heavy (non-hydrogen) atoms. The van der Waals surface area contributed by atoms with Crippen LogP contribution in [-0.4, -0.2) is 59.6 Å². The molecule has 25 unspecified atom stereocenters. The summed E-state index contributed by atoms with van der Waals surface area (Å²) >= 11 is 0. The van der Waals surface area contributed by atoms with E-state index in [2.05, 4.69) is 41.5 Å². The molecular weight excluding hydrogens is 753 g/mol. The molecule has 8 nitrogen and oxygen atoms in total. The van der Waals surface area contributed by atoms with Gasteiger partial charge in [-0.3, -0.25) is 9.59 Å². The van der Waals surface area contributed by atoms with Gasteiger partial charge in [0.2, 0.25) is 6.10 Å². The first-order valence-corrected chi connectivity index (χ1v) is 22.6. The molecule has 10 bridgehead atoms. The van der Waals surface area contributed by atoms with Gasteiger partial charge in [0.1, 0.15) is 6.61 Å². The maximum atomic E-state index is 12.6. The van der Waals surface area contributed by atoms with Crippen molar-refractivity contribution in [1.29, 1.82) is 0 Å². The first-order valence-electron chi connectivity index (χ1n) is 22.6. The molecular formula is C52H94O8. The first kappa shape index (κ1) is 52.7. The van der Waals surface area contributed by atoms with Gasteiger partial charge in [-0.25, -0.2) is 4.79 Å². The molecule has 0 spiro atoms. The summed E-state index contributed by atoms with van der Waals surface area (Å²) in [7, 11) is 0. The number of aliphatic hydroxyl groups is 2. The minimum absolute atomic E-state index is 0. The predicted molar refractivity (Wildman–Crippen MR) is 242 cm³/mol. The number of esters is 3. The van der Waals surface area contributed by atoms with Crippen LogP contribution in [0.1, 0.15) is 151 Å². The van der Waals surface area contributed by atoms with Gasteiger partial charge in [-0.1, -0.05) is 86.1 Å². The zero-order valence-corrected chi connectivity index (χ0v) is 34.1. The van der Waals surface area contributed by atoms with E-state index in [0.29, 0.717) is 42.6 Å². The van der Waals surface area contributed by atoms with Crippen molar-refractivity contribution in [1.82, 2.24) is 0 Å². The zero-order valence-electron chi connectivity index (χ0n) is 34.1. The highest BCUT2D eigenvalue weighted by atomic mass is 16.6. The maximum Gasteiger partial charge on any atom is 0.347 e. The van der Waals surface area contributed by atoms with Crippen LogP contribution < -0.4 is 0 Å². The average Bonchev–Trinajstić information content (AvgIpc) is 3.97. The van der Waals surface area contributed by atoms with Crippen LogP contribution in [0.2, 0.25) is 0 Å². The quantitative estimate of drug-likeness (QED) is 0.159. The largest absolute Gasteiger partial charge is 0.463 e. The van der Waals surface area contributed by atoms with Gasteiger partial charge < -0.3 is 24.4 Å². The summed E-state index contributed by atoms with van der Waals surface area (Å²) in [5.74, 6) is 15.9. The fourth-order valence-electron chi connectivity index (χ4n) is 17.0. The lowest BCUT2D eigenvalue weighted by atomic mass is 9.62. The van der Waals surface area contributed by atoms with E-state index in [1.165, 1.54) is 32.1 Å². The van der Waals surface area contributed by atoms with E-state index in [1.807, 2.05) is 0 Å². The Kier molecular flexibility index (Phi) is 17.2. The smallest absolute Gasteiger partial charge is 0.347 e. The molecule has 10 saturated carbocycles. The average molecular weight is 847 g/mol. The van der Waals surface area contributed by atoms with E-state index in [-0.39, 0.29) is 87.0 Å². The highest BCUT2D eigenvalue weighted by Gasteiger charge is 2.68. The first-order chi connectivity index (χ1) is 25.7. The van der Waals surface area contributed by atoms with Gasteiger partial charge in [0.05, 0.1) is 30.7 Å². The molecule has 0 amide bonds. The summed E-state index contributed by atoms with van der Waals surface area (Å²) in [5.41, 5.74) is 0. The number of carbonyl (C=O) groups excluding carboxylic acids is 3. The standard InChI is InChI=1S/C19H26O4.C14H22O.C13H22O3.6CH4/c1-8-9(2)12-7-11(8)16-10-5-13(17(12)16)14(6-10)18(20)23-15-3-4-22-19(15)21;1-6-7(2)10-5-9(6)13-8-3-11(14(10)13)12(15)4-8;1-7(14)6-16-13(15)12-5-10-4-11(12)9(3)8(10)2;;;;;;/h8-17H,3-7H2,1-2H3;6-15H,3-5H2,1-2H3;7-12,14H,4-6H2,1-3H3;6*1H4. The minimum Gasteiger partial charge on any atom is -0.463 e. The van der Waals surface area contributed by atoms with E-state index < -0.39 is 12.2 Å². The van der Waals surface area contributed by atoms with Crippen LogP contribution in [0.5, 0.6) is 0 Å². The normalized spacial score (nSPS) is 50.6. The third kappa shape index (κ3) is 8.16. The number of rotatable bonds is 5. The lowest BCUT2D eigenvalue weighted by Gasteiger charge is -2.43. The summed E-state index contributed by atoms with van der Waals surface area (Å²) in [4.78, 5) is 36.1. The Labute approximate surface area is 368 Å². The second kappa shape index (κ2) is 19.6. The van der Waals surface area contributed by atoms with Crippen LogP contribution in [0.25, 0.3) is 0 Å². The van der Waals surface area contributed by atoms with Gasteiger partial charge in [0.25, 0.3) is 0 Å². The highest BCUT2D eigenvalue weighted by molar-refractivity contribution is 5.82. The Morgan fingerprint density at radius 3 is 1.53 bits per heavy atom. The van der Waals surface area contributed by atoms with Gasteiger partial charge in [-0.2, -0.15) is 0 Å². The number of aliphatic hydroxyl groups excluding tert-OH is 2. The lowest BCUT2D eigenvalue weighted by molar-refractivity contribution is -0.166. The molecule has 1 heterocycles. The van der Waals surface area contributed by atoms with Crippen molar-refractivity contribution in [2.24, 2.45) is 130 Å². The molecule has 8 heteroatoms. The lowest BCUT2D eigenvalue weighted by Crippen LogP contribution is -2.41. The van der Waals surface area contributed by atoms with Gasteiger partial charge >= 0.3 is 17.9 Å². The van der Waals surface area contributed by atoms with E-state index in [0.717, 1.165) is 108 Å². The molecule has 1 aliphatic heterocycles. The van der Waals surface area contributed by atoms with E-state index >= 15 is 0 Å². The monoisotopic (exact) mass is 847 g/mol. The molecule has 1 saturated heterocycles. The number of ether oxygens (including phenoxy) is 3. The molecule has 25 atom stereocenters. The van der Waals surface area contributed by atoms with E-state index in [4.69, 9.17) is 19.3 Å². The molecule has 10 aliphatic carbocycles. The SMILES string of the molecule is C.C.C.C.C.C.CC(O)COC(=O)C1CC2CC1C(C)C2C.CC1C(C)C2CC1C1C3CC(C(=O)OC4CCOC4=O)C(C3)C21.CC1C(C)C2CC1C1C3CC(O)C(C3)C21. The third-order valence-corrected chi connectivity index (χ3v) is 19.8. The van der Waals surface area contributed by atoms with Gasteiger partial charge in [0.15, 0.2) is 0 Å². The van der Waals surface area contributed by atoms with Crippen molar-refractivity contribution in [3.05, 3.63) is 0 Å². The maximum absolute atomic E-state index is 12.6. The molecule has 11 fully saturated rings. The van der Waals surface area contributed by atoms with Gasteiger partial charge in [0, 0.05) is 6.42 Å². The van der Waals surface area contributed by atoms with Crippen molar-refractivity contribution >= 4 is 17.9 Å². The Bertz CT molecular complexity index is 1460. The van der Waals surface area contributed by atoms with Crippen LogP contribution in [0.3, 0.4) is 0 Å². The number of fused-ring (bicyclic) bond motifs is 20. The van der Waals surface area contributed by atoms with Crippen LogP contribution in [0, 0.1) is 130 Å². The number of hydrogen-bond acceptors (Lipinski definition) is 8. The van der Waals surface area contributed by atoms with Crippen LogP contribution in [-0.2, 0) is 28.6 Å². The summed E-state index contributed by atoms with van der Waals surface area (Å²) in [6.45, 7) is 16.5. The molecule has 350 valence electrons. The molecule has 0 radical (unpaired) electrons. The predicted octanol–water partition coefficient (Wildman–Crippen LogP) is 10.9. The number of carbonyl (C=O) groups is 3.